The SMILES string of the molecule is CC1(C)COc2c(C=O)cccc21. The summed E-state index contributed by atoms with van der Waals surface area (Å²) in [6.07, 6.45) is 0.847. The number of carbonyl (C=O) groups excluding carboxylic acids is 1. The lowest BCUT2D eigenvalue weighted by molar-refractivity contribution is 0.112. The molecule has 2 nitrogen and oxygen atoms in total. The molecule has 0 saturated heterocycles. The van der Waals surface area contributed by atoms with Crippen molar-refractivity contribution < 1.29 is 9.53 Å². The highest BCUT2D eigenvalue weighted by Crippen LogP contribution is 2.39. The molecule has 13 heavy (non-hydrogen) atoms. The molecular weight excluding hydrogens is 164 g/mol. The Labute approximate surface area is 77.5 Å². The summed E-state index contributed by atoms with van der Waals surface area (Å²) >= 11 is 0. The van der Waals surface area contributed by atoms with E-state index in [1.54, 1.807) is 6.07 Å². The molecule has 0 N–H and O–H groups in total. The van der Waals surface area contributed by atoms with Gasteiger partial charge in [-0.2, -0.15) is 0 Å². The number of aldehydes is 1. The monoisotopic (exact) mass is 176 g/mol. The Morgan fingerprint density at radius 3 is 2.92 bits per heavy atom. The molecule has 0 bridgehead atoms. The smallest absolute Gasteiger partial charge is 0.153 e. The van der Waals surface area contributed by atoms with Gasteiger partial charge in [-0.15, -0.1) is 0 Å². The molecule has 0 amide bonds. The highest BCUT2D eigenvalue weighted by molar-refractivity contribution is 5.81. The van der Waals surface area contributed by atoms with Gasteiger partial charge in [0, 0.05) is 11.0 Å². The number of ether oxygens (including phenoxy) is 1. The lowest BCUT2D eigenvalue weighted by atomic mass is 9.86. The summed E-state index contributed by atoms with van der Waals surface area (Å²) in [4.78, 5) is 10.7. The quantitative estimate of drug-likeness (QED) is 0.613. The second kappa shape index (κ2) is 2.59. The zero-order chi connectivity index (χ0) is 9.47. The summed E-state index contributed by atoms with van der Waals surface area (Å²) in [6, 6.07) is 5.71. The molecular formula is C11H12O2. The van der Waals surface area contributed by atoms with Gasteiger partial charge < -0.3 is 4.74 Å². The Bertz CT molecular complexity index is 353. The van der Waals surface area contributed by atoms with Crippen molar-refractivity contribution in [3.05, 3.63) is 29.3 Å². The van der Waals surface area contributed by atoms with Crippen molar-refractivity contribution in [2.24, 2.45) is 0 Å². The third-order valence-corrected chi connectivity index (χ3v) is 2.48. The molecule has 1 aromatic carbocycles. The van der Waals surface area contributed by atoms with Crippen LogP contribution in [0.25, 0.3) is 0 Å². The van der Waals surface area contributed by atoms with Gasteiger partial charge in [-0.25, -0.2) is 0 Å². The topological polar surface area (TPSA) is 26.3 Å². The van der Waals surface area contributed by atoms with Crippen molar-refractivity contribution in [2.45, 2.75) is 19.3 Å². The van der Waals surface area contributed by atoms with Crippen molar-refractivity contribution in [3.63, 3.8) is 0 Å². The van der Waals surface area contributed by atoms with Gasteiger partial charge in [0.1, 0.15) is 5.75 Å². The van der Waals surface area contributed by atoms with Crippen molar-refractivity contribution in [3.8, 4) is 5.75 Å². The molecule has 2 heteroatoms. The molecule has 0 spiro atoms. The zero-order valence-electron chi connectivity index (χ0n) is 7.83. The second-order valence-electron chi connectivity index (χ2n) is 4.01. The maximum atomic E-state index is 10.7. The van der Waals surface area contributed by atoms with Gasteiger partial charge in [-0.05, 0) is 6.07 Å². The van der Waals surface area contributed by atoms with Crippen LogP contribution in [0, 0.1) is 0 Å². The van der Waals surface area contributed by atoms with Crippen LogP contribution in [0.4, 0.5) is 0 Å². The largest absolute Gasteiger partial charge is 0.492 e. The fourth-order valence-electron chi connectivity index (χ4n) is 1.67. The van der Waals surface area contributed by atoms with Gasteiger partial charge in [-0.1, -0.05) is 26.0 Å². The highest BCUT2D eigenvalue weighted by atomic mass is 16.5. The van der Waals surface area contributed by atoms with E-state index in [9.17, 15) is 4.79 Å². The first kappa shape index (κ1) is 8.30. The van der Waals surface area contributed by atoms with Gasteiger partial charge in [0.05, 0.1) is 12.2 Å². The number of fused-ring (bicyclic) bond motifs is 1. The zero-order valence-corrected chi connectivity index (χ0v) is 7.83. The molecule has 0 saturated carbocycles. The maximum Gasteiger partial charge on any atom is 0.153 e. The molecule has 0 unspecified atom stereocenters. The Hall–Kier alpha value is -1.31. The molecule has 1 heterocycles. The number of benzene rings is 1. The summed E-state index contributed by atoms with van der Waals surface area (Å²) in [5.74, 6) is 0.766. The summed E-state index contributed by atoms with van der Waals surface area (Å²) in [5, 5.41) is 0. The highest BCUT2D eigenvalue weighted by Gasteiger charge is 2.32. The van der Waals surface area contributed by atoms with E-state index in [0.29, 0.717) is 12.2 Å². The van der Waals surface area contributed by atoms with Gasteiger partial charge in [-0.3, -0.25) is 4.79 Å². The fourth-order valence-corrected chi connectivity index (χ4v) is 1.67. The summed E-state index contributed by atoms with van der Waals surface area (Å²) < 4.78 is 5.50. The first-order valence-corrected chi connectivity index (χ1v) is 4.36. The van der Waals surface area contributed by atoms with Crippen LogP contribution in [0.1, 0.15) is 29.8 Å². The maximum absolute atomic E-state index is 10.7. The summed E-state index contributed by atoms with van der Waals surface area (Å²) in [5.41, 5.74) is 1.83. The van der Waals surface area contributed by atoms with E-state index >= 15 is 0 Å². The van der Waals surface area contributed by atoms with Crippen LogP contribution >= 0.6 is 0 Å². The average molecular weight is 176 g/mol. The van der Waals surface area contributed by atoms with Crippen LogP contribution in [0.3, 0.4) is 0 Å². The second-order valence-corrected chi connectivity index (χ2v) is 4.01. The van der Waals surface area contributed by atoms with Crippen molar-refractivity contribution in [2.75, 3.05) is 6.61 Å². The minimum Gasteiger partial charge on any atom is -0.492 e. The van der Waals surface area contributed by atoms with Gasteiger partial charge in [0.2, 0.25) is 0 Å². The van der Waals surface area contributed by atoms with Crippen LogP contribution in [0.15, 0.2) is 18.2 Å². The number of hydrogen-bond acceptors (Lipinski definition) is 2. The standard InChI is InChI=1S/C11H12O2/c1-11(2)7-13-10-8(6-12)4-3-5-9(10)11/h3-6H,7H2,1-2H3. The average Bonchev–Trinajstić information content (AvgIpc) is 2.43. The molecule has 0 fully saturated rings. The molecule has 68 valence electrons. The van der Waals surface area contributed by atoms with E-state index in [4.69, 9.17) is 4.74 Å². The molecule has 1 aliphatic rings. The molecule has 0 radical (unpaired) electrons. The van der Waals surface area contributed by atoms with Crippen LogP contribution in [0.2, 0.25) is 0 Å². The number of hydrogen-bond donors (Lipinski definition) is 0. The van der Waals surface area contributed by atoms with E-state index in [2.05, 4.69) is 13.8 Å². The predicted octanol–water partition coefficient (Wildman–Crippen LogP) is 2.17. The molecule has 1 aromatic rings. The van der Waals surface area contributed by atoms with Gasteiger partial charge in [0.25, 0.3) is 0 Å². The lowest BCUT2D eigenvalue weighted by Gasteiger charge is -2.14. The first-order chi connectivity index (χ1) is 6.15. The minimum atomic E-state index is 0.0361. The van der Waals surface area contributed by atoms with Crippen LogP contribution in [-0.2, 0) is 5.41 Å². The van der Waals surface area contributed by atoms with Crippen LogP contribution in [0.5, 0.6) is 5.75 Å². The minimum absolute atomic E-state index is 0.0361. The summed E-state index contributed by atoms with van der Waals surface area (Å²) in [7, 11) is 0. The number of para-hydroxylation sites is 1. The van der Waals surface area contributed by atoms with Crippen LogP contribution in [-0.4, -0.2) is 12.9 Å². The molecule has 2 rings (SSSR count). The third-order valence-electron chi connectivity index (χ3n) is 2.48. The molecule has 1 aliphatic heterocycles. The normalized spacial score (nSPS) is 17.7. The number of rotatable bonds is 1. The fraction of sp³-hybridized carbons (Fsp3) is 0.364. The van der Waals surface area contributed by atoms with Crippen molar-refractivity contribution in [1.82, 2.24) is 0 Å². The predicted molar refractivity (Wildman–Crippen MR) is 50.4 cm³/mol. The van der Waals surface area contributed by atoms with E-state index in [1.807, 2.05) is 12.1 Å². The summed E-state index contributed by atoms with van der Waals surface area (Å²) in [6.45, 7) is 4.90. The Balaban J connectivity index is 2.62. The Morgan fingerprint density at radius 1 is 1.46 bits per heavy atom. The Kier molecular flexibility index (Phi) is 1.65. The van der Waals surface area contributed by atoms with E-state index in [-0.39, 0.29) is 5.41 Å². The molecule has 0 atom stereocenters. The van der Waals surface area contributed by atoms with Gasteiger partial charge >= 0.3 is 0 Å². The van der Waals surface area contributed by atoms with E-state index in [0.717, 1.165) is 17.6 Å². The van der Waals surface area contributed by atoms with Crippen molar-refractivity contribution in [1.29, 1.82) is 0 Å². The van der Waals surface area contributed by atoms with Crippen LogP contribution < -0.4 is 4.74 Å². The lowest BCUT2D eigenvalue weighted by Crippen LogP contribution is -2.18. The molecule has 0 aliphatic carbocycles. The van der Waals surface area contributed by atoms with E-state index < -0.39 is 0 Å². The first-order valence-electron chi connectivity index (χ1n) is 4.36. The number of carbonyl (C=O) groups is 1. The van der Waals surface area contributed by atoms with Gasteiger partial charge in [0.15, 0.2) is 6.29 Å². The van der Waals surface area contributed by atoms with Crippen molar-refractivity contribution >= 4 is 6.29 Å². The third kappa shape index (κ3) is 1.13. The van der Waals surface area contributed by atoms with E-state index in [1.165, 1.54) is 0 Å². The molecule has 0 aromatic heterocycles. The Morgan fingerprint density at radius 2 is 2.23 bits per heavy atom.